The normalized spacial score (nSPS) is 13.6. The van der Waals surface area contributed by atoms with E-state index in [1.54, 1.807) is 6.07 Å². The van der Waals surface area contributed by atoms with Crippen LogP contribution in [0.3, 0.4) is 0 Å². The van der Waals surface area contributed by atoms with Crippen LogP contribution in [-0.4, -0.2) is 0 Å². The van der Waals surface area contributed by atoms with E-state index in [9.17, 15) is 17.6 Å². The van der Waals surface area contributed by atoms with Crippen LogP contribution in [0.5, 0.6) is 0 Å². The van der Waals surface area contributed by atoms with Crippen molar-refractivity contribution in [2.24, 2.45) is 0 Å². The molecule has 0 N–H and O–H groups in total. The summed E-state index contributed by atoms with van der Waals surface area (Å²) in [6.07, 6.45) is -4.49. The Bertz CT molecular complexity index is 617. The van der Waals surface area contributed by atoms with E-state index < -0.39 is 22.4 Å². The topological polar surface area (TPSA) is 0 Å². The molecule has 108 valence electrons. The van der Waals surface area contributed by atoms with Crippen molar-refractivity contribution in [1.29, 1.82) is 0 Å². The molecule has 2 aromatic rings. The lowest BCUT2D eigenvalue weighted by Gasteiger charge is -2.13. The molecule has 0 spiro atoms. The van der Waals surface area contributed by atoms with E-state index in [2.05, 4.69) is 47.8 Å². The van der Waals surface area contributed by atoms with Crippen LogP contribution < -0.4 is 0 Å². The zero-order valence-corrected chi connectivity index (χ0v) is 15.0. The Hall–Kier alpha value is 0.0800. The maximum atomic E-state index is 13.8. The first kappa shape index (κ1) is 16.5. The monoisotopic (exact) mass is 494 g/mol. The van der Waals surface area contributed by atoms with E-state index in [0.717, 1.165) is 26.5 Å². The summed E-state index contributed by atoms with van der Waals surface area (Å²) in [6.45, 7) is 0. The lowest BCUT2D eigenvalue weighted by atomic mass is 10.1. The van der Waals surface area contributed by atoms with Crippen LogP contribution in [0.4, 0.5) is 17.6 Å². The summed E-state index contributed by atoms with van der Waals surface area (Å²) in [5.74, 6) is -0.680. The van der Waals surface area contributed by atoms with Gasteiger partial charge in [0.15, 0.2) is 0 Å². The maximum Gasteiger partial charge on any atom is 0.416 e. The molecule has 0 saturated heterocycles. The Balaban J connectivity index is 2.46. The van der Waals surface area contributed by atoms with Gasteiger partial charge in [0.25, 0.3) is 0 Å². The Morgan fingerprint density at radius 2 is 1.75 bits per heavy atom. The minimum atomic E-state index is -4.49. The third-order valence-electron chi connectivity index (χ3n) is 2.51. The van der Waals surface area contributed by atoms with Crippen molar-refractivity contribution in [3.05, 3.63) is 54.3 Å². The Labute approximate surface area is 141 Å². The van der Waals surface area contributed by atoms with Crippen molar-refractivity contribution >= 4 is 59.1 Å². The fourth-order valence-corrected chi connectivity index (χ4v) is 4.41. The molecule has 1 heterocycles. The molecule has 2 rings (SSSR count). The van der Waals surface area contributed by atoms with Crippen LogP contribution in [0.15, 0.2) is 32.5 Å². The first-order chi connectivity index (χ1) is 9.20. The summed E-state index contributed by atoms with van der Waals surface area (Å²) in [4.78, 5) is 0.0550. The SMILES string of the molecule is Fc1ccc(C(F)(F)F)cc1C(Br)c1cc(Br)c(Br)s1. The van der Waals surface area contributed by atoms with Gasteiger partial charge in [-0.3, -0.25) is 0 Å². The molecule has 0 amide bonds. The van der Waals surface area contributed by atoms with Crippen LogP contribution in [-0.2, 0) is 6.18 Å². The highest BCUT2D eigenvalue weighted by molar-refractivity contribution is 9.13. The van der Waals surface area contributed by atoms with Gasteiger partial charge in [-0.05, 0) is 56.1 Å². The largest absolute Gasteiger partial charge is 0.416 e. The van der Waals surface area contributed by atoms with Crippen molar-refractivity contribution in [2.75, 3.05) is 0 Å². The average molecular weight is 497 g/mol. The van der Waals surface area contributed by atoms with Crippen LogP contribution in [0.25, 0.3) is 0 Å². The fourth-order valence-electron chi connectivity index (χ4n) is 1.56. The molecule has 1 aromatic carbocycles. The number of hydrogen-bond donors (Lipinski definition) is 0. The number of benzene rings is 1. The number of hydrogen-bond acceptors (Lipinski definition) is 1. The van der Waals surface area contributed by atoms with E-state index >= 15 is 0 Å². The maximum absolute atomic E-state index is 13.8. The van der Waals surface area contributed by atoms with Crippen molar-refractivity contribution in [1.82, 2.24) is 0 Å². The molecule has 8 heteroatoms. The molecule has 0 radical (unpaired) electrons. The van der Waals surface area contributed by atoms with Crippen LogP contribution in [0, 0.1) is 5.82 Å². The molecule has 1 aromatic heterocycles. The third kappa shape index (κ3) is 3.45. The number of thiophene rings is 1. The summed E-state index contributed by atoms with van der Waals surface area (Å²) < 4.78 is 53.4. The highest BCUT2D eigenvalue weighted by atomic mass is 79.9. The zero-order valence-electron chi connectivity index (χ0n) is 9.44. The predicted molar refractivity (Wildman–Crippen MR) is 81.9 cm³/mol. The zero-order chi connectivity index (χ0) is 15.1. The van der Waals surface area contributed by atoms with E-state index in [4.69, 9.17) is 0 Å². The standard InChI is InChI=1S/C12H5Br3F4S/c13-7-4-9(20-11(7)15)10(14)6-3-5(12(17,18)19)1-2-8(6)16/h1-4,10H. The quantitative estimate of drug-likeness (QED) is 0.313. The highest BCUT2D eigenvalue weighted by Gasteiger charge is 2.32. The van der Waals surface area contributed by atoms with Crippen molar-refractivity contribution in [3.8, 4) is 0 Å². The minimum absolute atomic E-state index is 0.0407. The molecular weight excluding hydrogens is 492 g/mol. The van der Waals surface area contributed by atoms with Gasteiger partial charge in [-0.25, -0.2) is 4.39 Å². The van der Waals surface area contributed by atoms with Gasteiger partial charge in [-0.2, -0.15) is 13.2 Å². The van der Waals surface area contributed by atoms with Gasteiger partial charge in [0.1, 0.15) is 5.82 Å². The molecule has 0 aliphatic heterocycles. The summed E-state index contributed by atoms with van der Waals surface area (Å²) in [5.41, 5.74) is -0.908. The van der Waals surface area contributed by atoms with Crippen LogP contribution in [0.1, 0.15) is 20.8 Å². The average Bonchev–Trinajstić information content (AvgIpc) is 2.68. The van der Waals surface area contributed by atoms with Gasteiger partial charge >= 0.3 is 6.18 Å². The molecule has 0 aliphatic rings. The Kier molecular flexibility index (Phi) is 4.98. The van der Waals surface area contributed by atoms with E-state index in [1.807, 2.05) is 0 Å². The second kappa shape index (κ2) is 6.06. The van der Waals surface area contributed by atoms with Gasteiger partial charge in [-0.15, -0.1) is 11.3 Å². The lowest BCUT2D eigenvalue weighted by molar-refractivity contribution is -0.137. The smallest absolute Gasteiger partial charge is 0.207 e. The third-order valence-corrected chi connectivity index (χ3v) is 7.12. The first-order valence-electron chi connectivity index (χ1n) is 5.15. The number of halogens is 7. The van der Waals surface area contributed by atoms with Crippen LogP contribution >= 0.6 is 59.1 Å². The van der Waals surface area contributed by atoms with Gasteiger partial charge in [-0.1, -0.05) is 15.9 Å². The van der Waals surface area contributed by atoms with Crippen molar-refractivity contribution in [3.63, 3.8) is 0 Å². The van der Waals surface area contributed by atoms with E-state index in [0.29, 0.717) is 4.88 Å². The van der Waals surface area contributed by atoms with E-state index in [1.165, 1.54) is 11.3 Å². The minimum Gasteiger partial charge on any atom is -0.207 e. The summed E-state index contributed by atoms with van der Waals surface area (Å²) in [6, 6.07) is 4.13. The summed E-state index contributed by atoms with van der Waals surface area (Å²) in [7, 11) is 0. The molecule has 20 heavy (non-hydrogen) atoms. The highest BCUT2D eigenvalue weighted by Crippen LogP contribution is 2.43. The Morgan fingerprint density at radius 1 is 1.10 bits per heavy atom. The Morgan fingerprint density at radius 3 is 2.25 bits per heavy atom. The van der Waals surface area contributed by atoms with Crippen LogP contribution in [0.2, 0.25) is 0 Å². The van der Waals surface area contributed by atoms with Gasteiger partial charge in [0.2, 0.25) is 0 Å². The second-order valence-corrected chi connectivity index (χ2v) is 8.04. The molecule has 1 unspecified atom stereocenters. The summed E-state index contributed by atoms with van der Waals surface area (Å²) in [5, 5.41) is 0. The molecule has 0 saturated carbocycles. The lowest BCUT2D eigenvalue weighted by Crippen LogP contribution is -2.07. The molecule has 0 bridgehead atoms. The van der Waals surface area contributed by atoms with Crippen molar-refractivity contribution in [2.45, 2.75) is 11.0 Å². The molecule has 0 aliphatic carbocycles. The number of alkyl halides is 4. The van der Waals surface area contributed by atoms with Gasteiger partial charge in [0, 0.05) is 14.9 Å². The van der Waals surface area contributed by atoms with Crippen molar-refractivity contribution < 1.29 is 17.6 Å². The molecular formula is C12H5Br3F4S. The fraction of sp³-hybridized carbons (Fsp3) is 0.167. The molecule has 0 nitrogen and oxygen atoms in total. The summed E-state index contributed by atoms with van der Waals surface area (Å²) >= 11 is 11.2. The van der Waals surface area contributed by atoms with Gasteiger partial charge < -0.3 is 0 Å². The van der Waals surface area contributed by atoms with E-state index in [-0.39, 0.29) is 5.56 Å². The first-order valence-corrected chi connectivity index (χ1v) is 8.47. The van der Waals surface area contributed by atoms with Gasteiger partial charge in [0.05, 0.1) is 14.2 Å². The molecule has 1 atom stereocenters. The predicted octanol–water partition coefficient (Wildman–Crippen LogP) is 6.92. The molecule has 0 fully saturated rings. The second-order valence-electron chi connectivity index (χ2n) is 3.87. The number of rotatable bonds is 2.